The van der Waals surface area contributed by atoms with Crippen molar-refractivity contribution in [3.63, 3.8) is 0 Å². The number of nitrogens with one attached hydrogen (secondary N) is 1. The molecule has 1 N–H and O–H groups in total. The molecule has 2 saturated heterocycles. The number of carbonyl (C=O) groups is 2. The summed E-state index contributed by atoms with van der Waals surface area (Å²) in [5.41, 5.74) is 0.597. The smallest absolute Gasteiger partial charge is 0.321 e. The summed E-state index contributed by atoms with van der Waals surface area (Å²) in [6, 6.07) is 5.65. The van der Waals surface area contributed by atoms with Crippen molar-refractivity contribution in [3.8, 4) is 0 Å². The summed E-state index contributed by atoms with van der Waals surface area (Å²) < 4.78 is 13.0. The van der Waals surface area contributed by atoms with Crippen LogP contribution >= 0.6 is 0 Å². The Kier molecular flexibility index (Phi) is 7.07. The lowest BCUT2D eigenvalue weighted by Gasteiger charge is -2.33. The van der Waals surface area contributed by atoms with Crippen molar-refractivity contribution >= 4 is 17.6 Å². The SMILES string of the molecule is O=C(CCC1CCCN(C(=O)Nc2ccc(F)cc2)C1)N1CCCCCC1. The fourth-order valence-electron chi connectivity index (χ4n) is 4.03. The number of halogens is 1. The summed E-state index contributed by atoms with van der Waals surface area (Å²) in [5, 5.41) is 2.83. The van der Waals surface area contributed by atoms with E-state index in [1.165, 1.54) is 25.0 Å². The lowest BCUT2D eigenvalue weighted by molar-refractivity contribution is -0.131. The molecule has 3 amide bonds. The molecular formula is C21H30FN3O2. The van der Waals surface area contributed by atoms with Gasteiger partial charge in [0, 0.05) is 38.3 Å². The fourth-order valence-corrected chi connectivity index (χ4v) is 4.03. The van der Waals surface area contributed by atoms with Crippen LogP contribution in [0, 0.1) is 11.7 Å². The Bertz CT molecular complexity index is 627. The number of anilines is 1. The standard InChI is InChI=1S/C21H30FN3O2/c22-18-8-10-19(11-9-18)23-21(27)25-15-5-6-17(16-25)7-12-20(26)24-13-3-1-2-4-14-24/h8-11,17H,1-7,12-16H2,(H,23,27). The Morgan fingerprint density at radius 2 is 1.63 bits per heavy atom. The molecule has 0 aliphatic carbocycles. The van der Waals surface area contributed by atoms with Gasteiger partial charge in [0.2, 0.25) is 5.91 Å². The maximum atomic E-state index is 13.0. The van der Waals surface area contributed by atoms with E-state index in [4.69, 9.17) is 0 Å². The van der Waals surface area contributed by atoms with E-state index < -0.39 is 0 Å². The number of piperidine rings is 1. The van der Waals surface area contributed by atoms with E-state index in [0.717, 1.165) is 51.7 Å². The summed E-state index contributed by atoms with van der Waals surface area (Å²) in [6.45, 7) is 3.20. The first-order chi connectivity index (χ1) is 13.1. The van der Waals surface area contributed by atoms with Crippen LogP contribution in [0.1, 0.15) is 51.4 Å². The van der Waals surface area contributed by atoms with Gasteiger partial charge in [0.15, 0.2) is 0 Å². The van der Waals surface area contributed by atoms with Crippen molar-refractivity contribution in [2.45, 2.75) is 51.4 Å². The average Bonchev–Trinajstić information content (AvgIpc) is 2.98. The lowest BCUT2D eigenvalue weighted by Crippen LogP contribution is -2.42. The zero-order valence-corrected chi connectivity index (χ0v) is 16.0. The number of carbonyl (C=O) groups excluding carboxylic acids is 2. The Labute approximate surface area is 160 Å². The predicted molar refractivity (Wildman–Crippen MR) is 104 cm³/mol. The predicted octanol–water partition coefficient (Wildman–Crippen LogP) is 4.25. The molecule has 2 aliphatic heterocycles. The van der Waals surface area contributed by atoms with Gasteiger partial charge >= 0.3 is 6.03 Å². The molecule has 3 rings (SSSR count). The number of rotatable bonds is 4. The molecule has 2 aliphatic rings. The van der Waals surface area contributed by atoms with E-state index in [1.54, 1.807) is 12.1 Å². The highest BCUT2D eigenvalue weighted by atomic mass is 19.1. The molecule has 6 heteroatoms. The van der Waals surface area contributed by atoms with Crippen molar-refractivity contribution in [2.24, 2.45) is 5.92 Å². The second-order valence-corrected chi connectivity index (χ2v) is 7.72. The zero-order valence-electron chi connectivity index (χ0n) is 16.0. The normalized spacial score (nSPS) is 20.9. The van der Waals surface area contributed by atoms with Crippen molar-refractivity contribution < 1.29 is 14.0 Å². The number of hydrogen-bond acceptors (Lipinski definition) is 2. The fraction of sp³-hybridized carbons (Fsp3) is 0.619. The molecule has 2 fully saturated rings. The second-order valence-electron chi connectivity index (χ2n) is 7.72. The highest BCUT2D eigenvalue weighted by molar-refractivity contribution is 5.89. The molecule has 0 aromatic heterocycles. The molecule has 0 saturated carbocycles. The summed E-state index contributed by atoms with van der Waals surface area (Å²) in [6.07, 6.45) is 8.13. The molecule has 0 spiro atoms. The molecule has 2 heterocycles. The minimum atomic E-state index is -0.319. The first kappa shape index (κ1) is 19.6. The maximum Gasteiger partial charge on any atom is 0.321 e. The van der Waals surface area contributed by atoms with Gasteiger partial charge in [0.05, 0.1) is 0 Å². The van der Waals surface area contributed by atoms with Gasteiger partial charge in [-0.2, -0.15) is 0 Å². The van der Waals surface area contributed by atoms with Gasteiger partial charge < -0.3 is 15.1 Å². The zero-order chi connectivity index (χ0) is 19.1. The molecule has 5 nitrogen and oxygen atoms in total. The summed E-state index contributed by atoms with van der Waals surface area (Å²) in [4.78, 5) is 28.8. The van der Waals surface area contributed by atoms with Crippen LogP contribution in [-0.4, -0.2) is 47.9 Å². The van der Waals surface area contributed by atoms with Crippen LogP contribution in [0.5, 0.6) is 0 Å². The molecule has 1 unspecified atom stereocenters. The van der Waals surface area contributed by atoms with Crippen LogP contribution in [0.4, 0.5) is 14.9 Å². The molecule has 1 aromatic carbocycles. The van der Waals surface area contributed by atoms with Crippen LogP contribution in [0.2, 0.25) is 0 Å². The van der Waals surface area contributed by atoms with Gasteiger partial charge in [-0.3, -0.25) is 4.79 Å². The number of likely N-dealkylation sites (tertiary alicyclic amines) is 2. The van der Waals surface area contributed by atoms with Gasteiger partial charge in [0.25, 0.3) is 0 Å². The third-order valence-corrected chi connectivity index (χ3v) is 5.63. The van der Waals surface area contributed by atoms with E-state index in [0.29, 0.717) is 24.6 Å². The molecule has 1 atom stereocenters. The van der Waals surface area contributed by atoms with Crippen LogP contribution in [-0.2, 0) is 4.79 Å². The highest BCUT2D eigenvalue weighted by Crippen LogP contribution is 2.23. The Morgan fingerprint density at radius 1 is 0.963 bits per heavy atom. The quantitative estimate of drug-likeness (QED) is 0.855. The van der Waals surface area contributed by atoms with Crippen LogP contribution in [0.3, 0.4) is 0 Å². The molecule has 148 valence electrons. The van der Waals surface area contributed by atoms with Crippen LogP contribution in [0.15, 0.2) is 24.3 Å². The van der Waals surface area contributed by atoms with Gasteiger partial charge in [-0.25, -0.2) is 9.18 Å². The van der Waals surface area contributed by atoms with E-state index >= 15 is 0 Å². The molecular weight excluding hydrogens is 345 g/mol. The lowest BCUT2D eigenvalue weighted by atomic mass is 9.93. The number of amides is 3. The topological polar surface area (TPSA) is 52.7 Å². The minimum absolute atomic E-state index is 0.148. The third-order valence-electron chi connectivity index (χ3n) is 5.63. The van der Waals surface area contributed by atoms with Crippen molar-refractivity contribution in [1.82, 2.24) is 9.80 Å². The van der Waals surface area contributed by atoms with Crippen LogP contribution < -0.4 is 5.32 Å². The van der Waals surface area contributed by atoms with Gasteiger partial charge in [0.1, 0.15) is 5.82 Å². The first-order valence-electron chi connectivity index (χ1n) is 10.2. The summed E-state index contributed by atoms with van der Waals surface area (Å²) in [7, 11) is 0. The number of benzene rings is 1. The Morgan fingerprint density at radius 3 is 2.33 bits per heavy atom. The highest BCUT2D eigenvalue weighted by Gasteiger charge is 2.25. The molecule has 27 heavy (non-hydrogen) atoms. The monoisotopic (exact) mass is 375 g/mol. The van der Waals surface area contributed by atoms with E-state index in [-0.39, 0.29) is 17.8 Å². The van der Waals surface area contributed by atoms with Crippen molar-refractivity contribution in [3.05, 3.63) is 30.1 Å². The summed E-state index contributed by atoms with van der Waals surface area (Å²) in [5.74, 6) is 0.318. The maximum absolute atomic E-state index is 13.0. The van der Waals surface area contributed by atoms with Gasteiger partial charge in [-0.15, -0.1) is 0 Å². The second kappa shape index (κ2) is 9.72. The minimum Gasteiger partial charge on any atom is -0.343 e. The Balaban J connectivity index is 1.45. The van der Waals surface area contributed by atoms with E-state index in [9.17, 15) is 14.0 Å². The largest absolute Gasteiger partial charge is 0.343 e. The Hall–Kier alpha value is -2.11. The van der Waals surface area contributed by atoms with Crippen molar-refractivity contribution in [1.29, 1.82) is 0 Å². The number of urea groups is 1. The van der Waals surface area contributed by atoms with Crippen LogP contribution in [0.25, 0.3) is 0 Å². The number of nitrogens with zero attached hydrogens (tertiary/aromatic N) is 2. The van der Waals surface area contributed by atoms with Crippen molar-refractivity contribution in [2.75, 3.05) is 31.5 Å². The third kappa shape index (κ3) is 5.94. The average molecular weight is 375 g/mol. The first-order valence-corrected chi connectivity index (χ1v) is 10.2. The summed E-state index contributed by atoms with van der Waals surface area (Å²) >= 11 is 0. The number of hydrogen-bond donors (Lipinski definition) is 1. The van der Waals surface area contributed by atoms with E-state index in [1.807, 2.05) is 9.80 Å². The molecule has 0 radical (unpaired) electrons. The molecule has 1 aromatic rings. The molecule has 0 bridgehead atoms. The van der Waals surface area contributed by atoms with Gasteiger partial charge in [-0.1, -0.05) is 12.8 Å². The van der Waals surface area contributed by atoms with E-state index in [2.05, 4.69) is 5.32 Å². The van der Waals surface area contributed by atoms with Gasteiger partial charge in [-0.05, 0) is 62.3 Å².